The minimum atomic E-state index is -4.49. The summed E-state index contributed by atoms with van der Waals surface area (Å²) in [6, 6.07) is 3.89. The lowest BCUT2D eigenvalue weighted by Crippen LogP contribution is -2.46. The summed E-state index contributed by atoms with van der Waals surface area (Å²) in [4.78, 5) is 52.7. The number of nitrogens with one attached hydrogen (secondary N) is 2. The maximum absolute atomic E-state index is 13.9. The molecule has 0 bridgehead atoms. The van der Waals surface area contributed by atoms with Crippen molar-refractivity contribution in [2.75, 3.05) is 26.7 Å². The molecule has 0 saturated carbocycles. The highest BCUT2D eigenvalue weighted by molar-refractivity contribution is 7.89. The fourth-order valence-corrected chi connectivity index (χ4v) is 5.75. The van der Waals surface area contributed by atoms with Crippen LogP contribution in [-0.4, -0.2) is 84.9 Å². The second-order valence-electron chi connectivity index (χ2n) is 11.8. The lowest BCUT2D eigenvalue weighted by molar-refractivity contribution is -0.738. The van der Waals surface area contributed by atoms with Gasteiger partial charge in [-0.3, -0.25) is 4.79 Å². The van der Waals surface area contributed by atoms with Crippen molar-refractivity contribution in [3.05, 3.63) is 29.2 Å². The first-order valence-electron chi connectivity index (χ1n) is 14.2. The monoisotopic (exact) mass is 631 g/mol. The lowest BCUT2D eigenvalue weighted by atomic mass is 10.1. The van der Waals surface area contributed by atoms with Gasteiger partial charge in [-0.2, -0.15) is 4.31 Å². The van der Waals surface area contributed by atoms with Gasteiger partial charge in [-0.25, -0.2) is 22.8 Å². The summed E-state index contributed by atoms with van der Waals surface area (Å²) in [5, 5.41) is 15.3. The number of carbonyl (C=O) groups is 3. The van der Waals surface area contributed by atoms with Crippen LogP contribution < -0.4 is 10.6 Å². The molecule has 0 saturated heterocycles. The molecule has 0 aliphatic carbocycles. The molecule has 3 N–H and O–H groups in total. The molecule has 0 fully saturated rings. The standard InChI is InChI=1S/C28H46N4O10S/c1-27(2,3)41-25(35)29-18-12-8-9-13-20-31(43(38,39)23-17-11-10-15-21(23)32(37)40-7)22(24(33)34)16-14-19-30-26(36)42-28(4,5)6/h10-11,15,17,22H,8-9,12-14,16,18-20H2,1-7H3,(H2-,29,30,33,34,35,36)/p+1/t22-/m0/s1. The average molecular weight is 632 g/mol. The van der Waals surface area contributed by atoms with E-state index in [1.165, 1.54) is 24.3 Å². The van der Waals surface area contributed by atoms with Crippen LogP contribution in [0.5, 0.6) is 0 Å². The summed E-state index contributed by atoms with van der Waals surface area (Å²) in [6.45, 7) is 10.7. The number of aliphatic carboxylic acids is 1. The van der Waals surface area contributed by atoms with Gasteiger partial charge in [0, 0.05) is 25.7 Å². The molecule has 1 aromatic rings. The third kappa shape index (κ3) is 14.0. The van der Waals surface area contributed by atoms with Crippen LogP contribution in [0.3, 0.4) is 0 Å². The van der Waals surface area contributed by atoms with Crippen LogP contribution in [0.1, 0.15) is 80.1 Å². The Bertz CT molecular complexity index is 1190. The molecule has 0 aliphatic rings. The van der Waals surface area contributed by atoms with Crippen molar-refractivity contribution in [2.45, 2.75) is 102 Å². The predicted molar refractivity (Wildman–Crippen MR) is 158 cm³/mol. The van der Waals surface area contributed by atoms with E-state index in [2.05, 4.69) is 15.5 Å². The van der Waals surface area contributed by atoms with Gasteiger partial charge in [-0.05, 0) is 73.3 Å². The Kier molecular flexibility index (Phi) is 14.8. The number of amides is 2. The summed E-state index contributed by atoms with van der Waals surface area (Å²) < 4.78 is 39.0. The van der Waals surface area contributed by atoms with Gasteiger partial charge in [-0.1, -0.05) is 25.0 Å². The van der Waals surface area contributed by atoms with Crippen molar-refractivity contribution in [1.82, 2.24) is 14.9 Å². The zero-order valence-electron chi connectivity index (χ0n) is 26.2. The Hall–Kier alpha value is -3.46. The highest BCUT2D eigenvalue weighted by atomic mass is 32.2. The van der Waals surface area contributed by atoms with Crippen LogP contribution >= 0.6 is 0 Å². The molecule has 244 valence electrons. The van der Waals surface area contributed by atoms with Gasteiger partial charge in [0.1, 0.15) is 17.2 Å². The van der Waals surface area contributed by atoms with Gasteiger partial charge in [0.05, 0.1) is 4.91 Å². The SMILES string of the molecule is CO[N+](=O)c1ccccc1S(=O)(=O)N(CCCCCCNC(=O)OC(C)(C)C)[C@@H](CCCNC(=O)OC(C)(C)C)C(=O)O. The van der Waals surface area contributed by atoms with Crippen molar-refractivity contribution < 1.29 is 47.1 Å². The van der Waals surface area contributed by atoms with Crippen molar-refractivity contribution in [2.24, 2.45) is 0 Å². The smallest absolute Gasteiger partial charge is 0.407 e. The van der Waals surface area contributed by atoms with Crippen molar-refractivity contribution in [1.29, 1.82) is 0 Å². The normalized spacial score (nSPS) is 12.7. The zero-order chi connectivity index (χ0) is 32.8. The van der Waals surface area contributed by atoms with E-state index >= 15 is 0 Å². The van der Waals surface area contributed by atoms with Gasteiger partial charge in [-0.15, -0.1) is 0 Å². The van der Waals surface area contributed by atoms with Gasteiger partial charge in [0.15, 0.2) is 12.0 Å². The number of carboxylic acids is 1. The Labute approximate surface area is 254 Å². The molecule has 15 heteroatoms. The van der Waals surface area contributed by atoms with E-state index in [9.17, 15) is 32.8 Å². The summed E-state index contributed by atoms with van der Waals surface area (Å²) in [5.74, 6) is -1.37. The van der Waals surface area contributed by atoms with Crippen LogP contribution in [0.2, 0.25) is 0 Å². The minimum Gasteiger partial charge on any atom is -0.480 e. The van der Waals surface area contributed by atoms with Gasteiger partial charge < -0.3 is 25.2 Å². The molecule has 0 heterocycles. The number of alkyl carbamates (subject to hydrolysis) is 2. The fraction of sp³-hybridized carbons (Fsp3) is 0.679. The van der Waals surface area contributed by atoms with E-state index < -0.39 is 50.3 Å². The van der Waals surface area contributed by atoms with Crippen LogP contribution in [0.25, 0.3) is 0 Å². The molecule has 0 radical (unpaired) electrons. The first-order chi connectivity index (χ1) is 19.9. The van der Waals surface area contributed by atoms with E-state index in [0.717, 1.165) is 11.4 Å². The van der Waals surface area contributed by atoms with E-state index in [4.69, 9.17) is 9.47 Å². The number of ether oxygens (including phenoxy) is 2. The molecule has 2 amide bonds. The van der Waals surface area contributed by atoms with Crippen molar-refractivity contribution in [3.63, 3.8) is 0 Å². The molecular formula is C28H47N4O10S+. The minimum absolute atomic E-state index is 0.0449. The number of para-hydroxylation sites is 1. The molecule has 0 unspecified atom stereocenters. The van der Waals surface area contributed by atoms with Crippen LogP contribution in [0.15, 0.2) is 29.2 Å². The Morgan fingerprint density at radius 2 is 1.40 bits per heavy atom. The predicted octanol–water partition coefficient (Wildman–Crippen LogP) is 4.49. The van der Waals surface area contributed by atoms with Crippen molar-refractivity contribution >= 4 is 33.9 Å². The highest BCUT2D eigenvalue weighted by Gasteiger charge is 2.40. The maximum Gasteiger partial charge on any atom is 0.407 e. The summed E-state index contributed by atoms with van der Waals surface area (Å²) in [6.07, 6.45) is 0.930. The first-order valence-corrected chi connectivity index (χ1v) is 15.6. The zero-order valence-corrected chi connectivity index (χ0v) is 27.0. The summed E-state index contributed by atoms with van der Waals surface area (Å²) in [5.41, 5.74) is -1.62. The number of hydrogen-bond acceptors (Lipinski definition) is 9. The van der Waals surface area contributed by atoms with E-state index in [1.807, 2.05) is 0 Å². The number of benzene rings is 1. The summed E-state index contributed by atoms with van der Waals surface area (Å²) in [7, 11) is -3.40. The second kappa shape index (κ2) is 17.0. The second-order valence-corrected chi connectivity index (χ2v) is 13.6. The van der Waals surface area contributed by atoms with Crippen molar-refractivity contribution in [3.8, 4) is 0 Å². The molecule has 1 rings (SSSR count). The van der Waals surface area contributed by atoms with Crippen LogP contribution in [0.4, 0.5) is 15.3 Å². The molecule has 43 heavy (non-hydrogen) atoms. The topological polar surface area (TPSA) is 181 Å². The molecule has 0 aromatic heterocycles. The number of rotatable bonds is 17. The molecular weight excluding hydrogens is 584 g/mol. The first kappa shape index (κ1) is 37.6. The number of carboxylic acid groups (broad SMARTS) is 1. The molecule has 0 spiro atoms. The summed E-state index contributed by atoms with van der Waals surface area (Å²) >= 11 is 0. The largest absolute Gasteiger partial charge is 0.480 e. The van der Waals surface area contributed by atoms with E-state index in [1.54, 1.807) is 41.5 Å². The highest BCUT2D eigenvalue weighted by Crippen LogP contribution is 2.29. The Balaban J connectivity index is 3.02. The number of sulfonamides is 1. The maximum atomic E-state index is 13.9. The third-order valence-electron chi connectivity index (χ3n) is 5.74. The van der Waals surface area contributed by atoms with Gasteiger partial charge >= 0.3 is 23.8 Å². The lowest BCUT2D eigenvalue weighted by Gasteiger charge is -2.28. The fourth-order valence-electron chi connectivity index (χ4n) is 3.94. The Morgan fingerprint density at radius 1 is 0.884 bits per heavy atom. The number of carbonyl (C=O) groups excluding carboxylic acids is 2. The van der Waals surface area contributed by atoms with Crippen LogP contribution in [0, 0.1) is 4.91 Å². The molecule has 14 nitrogen and oxygen atoms in total. The third-order valence-corrected chi connectivity index (χ3v) is 7.70. The van der Waals surface area contributed by atoms with Gasteiger partial charge in [0.25, 0.3) is 14.9 Å². The number of hydrogen-bond donors (Lipinski definition) is 3. The van der Waals surface area contributed by atoms with E-state index in [0.29, 0.717) is 32.2 Å². The van der Waals surface area contributed by atoms with E-state index in [-0.39, 0.29) is 36.5 Å². The van der Waals surface area contributed by atoms with Gasteiger partial charge in [0.2, 0.25) is 0 Å². The Morgan fingerprint density at radius 3 is 1.91 bits per heavy atom. The number of nitrogens with zero attached hydrogens (tertiary/aromatic N) is 2. The average Bonchev–Trinajstić information content (AvgIpc) is 2.88. The molecule has 1 atom stereocenters. The van der Waals surface area contributed by atoms with Crippen LogP contribution in [-0.2, 0) is 29.1 Å². The quantitative estimate of drug-likeness (QED) is 0.164. The molecule has 1 aromatic carbocycles. The molecule has 0 aliphatic heterocycles. The number of unbranched alkanes of at least 4 members (excludes halogenated alkanes) is 3.